The lowest BCUT2D eigenvalue weighted by Gasteiger charge is -2.09. The lowest BCUT2D eigenvalue weighted by Crippen LogP contribution is -2.10. The molecule has 0 amide bonds. The molecule has 6 heteroatoms. The van der Waals surface area contributed by atoms with Crippen molar-refractivity contribution in [3.63, 3.8) is 0 Å². The molecule has 90 valence electrons. The van der Waals surface area contributed by atoms with Crippen molar-refractivity contribution in [3.8, 4) is 6.07 Å². The molecule has 0 bridgehead atoms. The van der Waals surface area contributed by atoms with E-state index in [9.17, 15) is 4.79 Å². The van der Waals surface area contributed by atoms with E-state index in [1.54, 1.807) is 13.1 Å². The van der Waals surface area contributed by atoms with Crippen LogP contribution in [0.3, 0.4) is 0 Å². The number of hydrogen-bond donors (Lipinski definition) is 0. The third-order valence-electron chi connectivity index (χ3n) is 2.18. The maximum Gasteiger partial charge on any atom is 0.357 e. The normalized spacial score (nSPS) is 11.6. The number of pyridine rings is 1. The quantitative estimate of drug-likeness (QED) is 0.791. The van der Waals surface area contributed by atoms with Gasteiger partial charge in [-0.05, 0) is 19.1 Å². The third-order valence-corrected chi connectivity index (χ3v) is 3.12. The molecule has 18 heavy (non-hydrogen) atoms. The number of ether oxygens (including phenoxy) is 1. The van der Waals surface area contributed by atoms with Gasteiger partial charge in [-0.25, -0.2) is 14.8 Å². The van der Waals surface area contributed by atoms with Crippen LogP contribution in [0.25, 0.3) is 0 Å². The van der Waals surface area contributed by atoms with Crippen molar-refractivity contribution in [3.05, 3.63) is 46.2 Å². The van der Waals surface area contributed by atoms with Crippen molar-refractivity contribution in [2.45, 2.75) is 13.0 Å². The van der Waals surface area contributed by atoms with Crippen molar-refractivity contribution < 1.29 is 9.53 Å². The van der Waals surface area contributed by atoms with Crippen molar-refractivity contribution in [2.75, 3.05) is 0 Å². The molecule has 0 saturated heterocycles. The van der Waals surface area contributed by atoms with E-state index in [1.165, 1.54) is 29.7 Å². The van der Waals surface area contributed by atoms with Gasteiger partial charge in [-0.1, -0.05) is 0 Å². The van der Waals surface area contributed by atoms with Gasteiger partial charge in [0.2, 0.25) is 0 Å². The van der Waals surface area contributed by atoms with Crippen LogP contribution >= 0.6 is 11.3 Å². The van der Waals surface area contributed by atoms with E-state index < -0.39 is 12.1 Å². The largest absolute Gasteiger partial charge is 0.451 e. The highest BCUT2D eigenvalue weighted by Crippen LogP contribution is 2.19. The molecule has 0 fully saturated rings. The Morgan fingerprint density at radius 2 is 2.33 bits per heavy atom. The van der Waals surface area contributed by atoms with Gasteiger partial charge in [0.15, 0.2) is 6.10 Å². The van der Waals surface area contributed by atoms with E-state index in [1.807, 2.05) is 11.4 Å². The lowest BCUT2D eigenvalue weighted by molar-refractivity contribution is 0.0330. The van der Waals surface area contributed by atoms with Gasteiger partial charge < -0.3 is 4.74 Å². The van der Waals surface area contributed by atoms with Gasteiger partial charge in [0.25, 0.3) is 0 Å². The minimum atomic E-state index is -0.526. The van der Waals surface area contributed by atoms with Crippen molar-refractivity contribution in [1.29, 1.82) is 5.26 Å². The predicted octanol–water partition coefficient (Wildman–Crippen LogP) is 2.33. The second-order valence-corrected chi connectivity index (χ2v) is 4.39. The van der Waals surface area contributed by atoms with Crippen LogP contribution in [0, 0.1) is 11.3 Å². The number of hydrogen-bond acceptors (Lipinski definition) is 6. The molecule has 1 atom stereocenters. The average molecular weight is 259 g/mol. The number of carbonyl (C=O) groups is 1. The van der Waals surface area contributed by atoms with Crippen LogP contribution in [0.4, 0.5) is 0 Å². The SMILES string of the molecule is C[C@@H](OC(=O)c1ccc(C#N)cn1)c1nccs1. The molecule has 0 saturated carbocycles. The van der Waals surface area contributed by atoms with Crippen molar-refractivity contribution in [1.82, 2.24) is 9.97 Å². The molecule has 2 aromatic heterocycles. The van der Waals surface area contributed by atoms with Gasteiger partial charge in [0, 0.05) is 17.8 Å². The summed E-state index contributed by atoms with van der Waals surface area (Å²) in [6.45, 7) is 1.75. The monoisotopic (exact) mass is 259 g/mol. The van der Waals surface area contributed by atoms with E-state index in [0.29, 0.717) is 5.56 Å². The number of rotatable bonds is 3. The molecular weight excluding hydrogens is 250 g/mol. The summed E-state index contributed by atoms with van der Waals surface area (Å²) in [4.78, 5) is 19.7. The maximum absolute atomic E-state index is 11.8. The smallest absolute Gasteiger partial charge is 0.357 e. The molecule has 0 spiro atoms. The van der Waals surface area contributed by atoms with Crippen LogP contribution in [-0.2, 0) is 4.74 Å². The molecule has 2 aromatic rings. The number of nitrogens with zero attached hydrogens (tertiary/aromatic N) is 3. The molecule has 5 nitrogen and oxygen atoms in total. The van der Waals surface area contributed by atoms with Crippen LogP contribution in [0.2, 0.25) is 0 Å². The number of esters is 1. The van der Waals surface area contributed by atoms with Gasteiger partial charge in [0.1, 0.15) is 16.8 Å². The Labute approximate surface area is 108 Å². The topological polar surface area (TPSA) is 75.9 Å². The fourth-order valence-electron chi connectivity index (χ4n) is 1.29. The molecule has 0 unspecified atom stereocenters. The summed E-state index contributed by atoms with van der Waals surface area (Å²) < 4.78 is 5.22. The van der Waals surface area contributed by atoms with E-state index in [2.05, 4.69) is 9.97 Å². The molecule has 2 heterocycles. The summed E-state index contributed by atoms with van der Waals surface area (Å²) in [6, 6.07) is 4.93. The van der Waals surface area contributed by atoms with Gasteiger partial charge in [-0.2, -0.15) is 5.26 Å². The first-order valence-electron chi connectivity index (χ1n) is 5.17. The Hall–Kier alpha value is -2.26. The third kappa shape index (κ3) is 2.70. The fraction of sp³-hybridized carbons (Fsp3) is 0.167. The molecule has 0 aliphatic heterocycles. The zero-order chi connectivity index (χ0) is 13.0. The zero-order valence-corrected chi connectivity index (χ0v) is 10.3. The lowest BCUT2D eigenvalue weighted by atomic mass is 10.3. The Balaban J connectivity index is 2.05. The summed E-state index contributed by atoms with van der Waals surface area (Å²) in [5.74, 6) is -0.526. The number of nitriles is 1. The summed E-state index contributed by atoms with van der Waals surface area (Å²) in [6.07, 6.45) is 2.59. The minimum absolute atomic E-state index is 0.178. The summed E-state index contributed by atoms with van der Waals surface area (Å²) in [7, 11) is 0. The van der Waals surface area contributed by atoms with Gasteiger partial charge >= 0.3 is 5.97 Å². The molecule has 0 aliphatic carbocycles. The average Bonchev–Trinajstić information content (AvgIpc) is 2.92. The van der Waals surface area contributed by atoms with E-state index in [4.69, 9.17) is 10.00 Å². The Morgan fingerprint density at radius 3 is 2.89 bits per heavy atom. The van der Waals surface area contributed by atoms with Crippen LogP contribution in [0.15, 0.2) is 29.9 Å². The van der Waals surface area contributed by atoms with Gasteiger partial charge in [-0.3, -0.25) is 0 Å². The molecule has 0 aromatic carbocycles. The van der Waals surface area contributed by atoms with Crippen LogP contribution in [0.5, 0.6) is 0 Å². The van der Waals surface area contributed by atoms with Crippen molar-refractivity contribution >= 4 is 17.3 Å². The van der Waals surface area contributed by atoms with Crippen molar-refractivity contribution in [2.24, 2.45) is 0 Å². The highest BCUT2D eigenvalue weighted by molar-refractivity contribution is 7.09. The second-order valence-electron chi connectivity index (χ2n) is 3.46. The van der Waals surface area contributed by atoms with E-state index in [-0.39, 0.29) is 5.69 Å². The van der Waals surface area contributed by atoms with Crippen LogP contribution in [0.1, 0.15) is 34.1 Å². The highest BCUT2D eigenvalue weighted by atomic mass is 32.1. The molecule has 0 aliphatic rings. The first-order chi connectivity index (χ1) is 8.70. The van der Waals surface area contributed by atoms with Crippen LogP contribution < -0.4 is 0 Å². The fourth-order valence-corrected chi connectivity index (χ4v) is 1.91. The number of thiazole rings is 1. The Bertz CT molecular complexity index is 572. The van der Waals surface area contributed by atoms with Gasteiger partial charge in [-0.15, -0.1) is 11.3 Å². The number of carbonyl (C=O) groups excluding carboxylic acids is 1. The highest BCUT2D eigenvalue weighted by Gasteiger charge is 2.16. The second kappa shape index (κ2) is 5.38. The summed E-state index contributed by atoms with van der Waals surface area (Å²) >= 11 is 1.42. The van der Waals surface area contributed by atoms with Gasteiger partial charge in [0.05, 0.1) is 5.56 Å². The predicted molar refractivity (Wildman–Crippen MR) is 64.9 cm³/mol. The first kappa shape index (κ1) is 12.2. The molecule has 0 radical (unpaired) electrons. The number of aromatic nitrogens is 2. The zero-order valence-electron chi connectivity index (χ0n) is 9.53. The molecular formula is C12H9N3O2S. The maximum atomic E-state index is 11.8. The Kier molecular flexibility index (Phi) is 3.65. The molecule has 2 rings (SSSR count). The minimum Gasteiger partial charge on any atom is -0.451 e. The Morgan fingerprint density at radius 1 is 1.50 bits per heavy atom. The van der Waals surface area contributed by atoms with E-state index in [0.717, 1.165) is 5.01 Å². The van der Waals surface area contributed by atoms with E-state index >= 15 is 0 Å². The standard InChI is InChI=1S/C12H9N3O2S/c1-8(11-14-4-5-18-11)17-12(16)10-3-2-9(6-13)7-15-10/h2-5,7-8H,1H3/t8-/m1/s1. The van der Waals surface area contributed by atoms with Crippen LogP contribution in [-0.4, -0.2) is 15.9 Å². The summed E-state index contributed by atoms with van der Waals surface area (Å²) in [5, 5.41) is 11.2. The first-order valence-corrected chi connectivity index (χ1v) is 6.05. The molecule has 0 N–H and O–H groups in total. The summed E-state index contributed by atoms with van der Waals surface area (Å²) in [5.41, 5.74) is 0.580.